The Hall–Kier alpha value is -3.02. The molecule has 0 saturated carbocycles. The maximum Gasteiger partial charge on any atom is 0.201 e. The summed E-state index contributed by atoms with van der Waals surface area (Å²) in [5.41, 5.74) is 16.0. The molecule has 0 aliphatic rings. The van der Waals surface area contributed by atoms with Gasteiger partial charge in [0.2, 0.25) is 11.9 Å². The second kappa shape index (κ2) is 4.77. The average molecular weight is 292 g/mol. The zero-order valence-corrected chi connectivity index (χ0v) is 12.0. The lowest BCUT2D eigenvalue weighted by molar-refractivity contribution is 0.612. The van der Waals surface area contributed by atoms with Crippen LogP contribution in [0.4, 0.5) is 11.9 Å². The molecule has 4 rings (SSSR count). The monoisotopic (exact) mass is 292 g/mol. The van der Waals surface area contributed by atoms with Crippen LogP contribution in [0, 0.1) is 0 Å². The molecule has 0 spiro atoms. The fourth-order valence-electron chi connectivity index (χ4n) is 2.86. The van der Waals surface area contributed by atoms with Crippen molar-refractivity contribution in [3.8, 4) is 0 Å². The lowest BCUT2D eigenvalue weighted by Crippen LogP contribution is -2.11. The zero-order chi connectivity index (χ0) is 15.1. The Labute approximate surface area is 127 Å². The Balaban J connectivity index is 1.72. The normalized spacial score (nSPS) is 11.5. The smallest absolute Gasteiger partial charge is 0.201 e. The van der Waals surface area contributed by atoms with E-state index in [0.29, 0.717) is 25.0 Å². The number of fused-ring (bicyclic) bond motifs is 2. The van der Waals surface area contributed by atoms with Gasteiger partial charge in [0.1, 0.15) is 0 Å². The maximum atomic E-state index is 6.04. The van der Waals surface area contributed by atoms with Crippen LogP contribution in [0.1, 0.15) is 0 Å². The van der Waals surface area contributed by atoms with Gasteiger partial charge in [0.05, 0.1) is 22.1 Å². The Bertz CT molecular complexity index is 885. The van der Waals surface area contributed by atoms with Gasteiger partial charge < -0.3 is 20.6 Å². The highest BCUT2D eigenvalue weighted by atomic mass is 15.2. The van der Waals surface area contributed by atoms with Crippen molar-refractivity contribution in [2.24, 2.45) is 0 Å². The molecule has 2 aromatic heterocycles. The number of anilines is 2. The number of rotatable bonds is 3. The van der Waals surface area contributed by atoms with Gasteiger partial charge >= 0.3 is 0 Å². The number of aromatic nitrogens is 4. The van der Waals surface area contributed by atoms with Crippen molar-refractivity contribution in [3.63, 3.8) is 0 Å². The number of nitrogen functional groups attached to an aromatic ring is 2. The van der Waals surface area contributed by atoms with E-state index in [9.17, 15) is 0 Å². The molecule has 2 aromatic carbocycles. The second-order valence-electron chi connectivity index (χ2n) is 5.22. The number of nitrogens with zero attached hydrogens (tertiary/aromatic N) is 4. The molecule has 0 atom stereocenters. The van der Waals surface area contributed by atoms with E-state index in [2.05, 4.69) is 9.97 Å². The summed E-state index contributed by atoms with van der Waals surface area (Å²) < 4.78 is 4.01. The first kappa shape index (κ1) is 12.7. The van der Waals surface area contributed by atoms with E-state index in [1.807, 2.05) is 57.7 Å². The van der Waals surface area contributed by atoms with E-state index in [1.54, 1.807) is 0 Å². The average Bonchev–Trinajstić information content (AvgIpc) is 3.01. The molecule has 2 heterocycles. The van der Waals surface area contributed by atoms with Gasteiger partial charge in [-0.15, -0.1) is 0 Å². The van der Waals surface area contributed by atoms with Crippen LogP contribution in [-0.4, -0.2) is 19.1 Å². The minimum absolute atomic E-state index is 0.518. The molecule has 0 aliphatic heterocycles. The minimum atomic E-state index is 0.518. The SMILES string of the molecule is Nc1nc2ccccc2n1CCn1c(N)nc2ccccc21. The number of para-hydroxylation sites is 4. The summed E-state index contributed by atoms with van der Waals surface area (Å²) in [5, 5.41) is 0. The second-order valence-corrected chi connectivity index (χ2v) is 5.22. The van der Waals surface area contributed by atoms with Gasteiger partial charge in [0.15, 0.2) is 0 Å². The Morgan fingerprint density at radius 2 is 1.09 bits per heavy atom. The molecule has 4 N–H and O–H groups in total. The van der Waals surface area contributed by atoms with Gasteiger partial charge in [-0.05, 0) is 24.3 Å². The molecular weight excluding hydrogens is 276 g/mol. The minimum Gasteiger partial charge on any atom is -0.369 e. The third-order valence-electron chi connectivity index (χ3n) is 3.92. The van der Waals surface area contributed by atoms with Crippen LogP contribution >= 0.6 is 0 Å². The van der Waals surface area contributed by atoms with Gasteiger partial charge in [-0.2, -0.15) is 0 Å². The highest BCUT2D eigenvalue weighted by molar-refractivity contribution is 5.79. The van der Waals surface area contributed by atoms with Crippen LogP contribution in [0.2, 0.25) is 0 Å². The first-order valence-corrected chi connectivity index (χ1v) is 7.15. The van der Waals surface area contributed by atoms with Gasteiger partial charge in [0.25, 0.3) is 0 Å². The van der Waals surface area contributed by atoms with Crippen molar-refractivity contribution in [1.29, 1.82) is 0 Å². The molecule has 0 amide bonds. The number of imidazole rings is 2. The number of hydrogen-bond donors (Lipinski definition) is 2. The van der Waals surface area contributed by atoms with Gasteiger partial charge in [0, 0.05) is 13.1 Å². The van der Waals surface area contributed by atoms with Crippen LogP contribution in [-0.2, 0) is 13.1 Å². The number of nitrogens with two attached hydrogens (primary N) is 2. The summed E-state index contributed by atoms with van der Waals surface area (Å²) in [6.45, 7) is 1.38. The Kier molecular flexibility index (Phi) is 2.75. The molecule has 22 heavy (non-hydrogen) atoms. The zero-order valence-electron chi connectivity index (χ0n) is 12.0. The standard InChI is InChI=1S/C16H16N6/c17-15-19-11-5-1-3-7-13(11)21(15)9-10-22-14-8-4-2-6-12(14)20-16(22)18/h1-8H,9-10H2,(H2,17,19)(H2,18,20). The fraction of sp³-hybridized carbons (Fsp3) is 0.125. The van der Waals surface area contributed by atoms with Crippen molar-refractivity contribution in [2.75, 3.05) is 11.5 Å². The van der Waals surface area contributed by atoms with Crippen LogP contribution in [0.5, 0.6) is 0 Å². The summed E-state index contributed by atoms with van der Waals surface area (Å²) in [7, 11) is 0. The summed E-state index contributed by atoms with van der Waals surface area (Å²) >= 11 is 0. The van der Waals surface area contributed by atoms with Gasteiger partial charge in [-0.25, -0.2) is 9.97 Å². The Morgan fingerprint density at radius 3 is 1.55 bits per heavy atom. The number of benzene rings is 2. The third kappa shape index (κ3) is 1.88. The van der Waals surface area contributed by atoms with Crippen LogP contribution in [0.25, 0.3) is 22.1 Å². The molecule has 0 fully saturated rings. The molecular formula is C16H16N6. The maximum absolute atomic E-state index is 6.04. The molecule has 0 bridgehead atoms. The highest BCUT2D eigenvalue weighted by Gasteiger charge is 2.10. The lowest BCUT2D eigenvalue weighted by atomic mass is 10.3. The molecule has 6 nitrogen and oxygen atoms in total. The van der Waals surface area contributed by atoms with E-state index < -0.39 is 0 Å². The molecule has 6 heteroatoms. The predicted octanol–water partition coefficient (Wildman–Crippen LogP) is 2.25. The number of aryl methyl sites for hydroxylation is 2. The third-order valence-corrected chi connectivity index (χ3v) is 3.92. The van der Waals surface area contributed by atoms with Crippen molar-refractivity contribution < 1.29 is 0 Å². The first-order valence-electron chi connectivity index (χ1n) is 7.15. The summed E-state index contributed by atoms with van der Waals surface area (Å²) in [6, 6.07) is 15.9. The fourth-order valence-corrected chi connectivity index (χ4v) is 2.86. The lowest BCUT2D eigenvalue weighted by Gasteiger charge is -2.09. The van der Waals surface area contributed by atoms with E-state index in [4.69, 9.17) is 11.5 Å². The molecule has 4 aromatic rings. The molecule has 110 valence electrons. The van der Waals surface area contributed by atoms with E-state index >= 15 is 0 Å². The quantitative estimate of drug-likeness (QED) is 0.606. The van der Waals surface area contributed by atoms with Crippen LogP contribution in [0.15, 0.2) is 48.5 Å². The van der Waals surface area contributed by atoms with E-state index in [-0.39, 0.29) is 0 Å². The molecule has 0 saturated heterocycles. The van der Waals surface area contributed by atoms with Crippen LogP contribution < -0.4 is 11.5 Å². The van der Waals surface area contributed by atoms with E-state index in [0.717, 1.165) is 22.1 Å². The highest BCUT2D eigenvalue weighted by Crippen LogP contribution is 2.20. The van der Waals surface area contributed by atoms with Crippen molar-refractivity contribution in [2.45, 2.75) is 13.1 Å². The number of hydrogen-bond acceptors (Lipinski definition) is 4. The molecule has 0 unspecified atom stereocenters. The van der Waals surface area contributed by atoms with Crippen molar-refractivity contribution >= 4 is 34.0 Å². The largest absolute Gasteiger partial charge is 0.369 e. The van der Waals surface area contributed by atoms with E-state index in [1.165, 1.54) is 0 Å². The molecule has 0 radical (unpaired) electrons. The summed E-state index contributed by atoms with van der Waals surface area (Å²) in [6.07, 6.45) is 0. The summed E-state index contributed by atoms with van der Waals surface area (Å²) in [4.78, 5) is 8.76. The predicted molar refractivity (Wildman–Crippen MR) is 88.3 cm³/mol. The van der Waals surface area contributed by atoms with Crippen LogP contribution in [0.3, 0.4) is 0 Å². The van der Waals surface area contributed by atoms with Gasteiger partial charge in [-0.1, -0.05) is 24.3 Å². The summed E-state index contributed by atoms with van der Waals surface area (Å²) in [5.74, 6) is 1.04. The first-order chi connectivity index (χ1) is 10.7. The topological polar surface area (TPSA) is 87.7 Å². The van der Waals surface area contributed by atoms with Gasteiger partial charge in [-0.3, -0.25) is 0 Å². The van der Waals surface area contributed by atoms with Crippen molar-refractivity contribution in [1.82, 2.24) is 19.1 Å². The van der Waals surface area contributed by atoms with Crippen molar-refractivity contribution in [3.05, 3.63) is 48.5 Å². The molecule has 0 aliphatic carbocycles. The Morgan fingerprint density at radius 1 is 0.682 bits per heavy atom.